The van der Waals surface area contributed by atoms with Crippen molar-refractivity contribution in [1.29, 1.82) is 0 Å². The van der Waals surface area contributed by atoms with Crippen molar-refractivity contribution in [3.63, 3.8) is 0 Å². The van der Waals surface area contributed by atoms with Crippen molar-refractivity contribution >= 4 is 10.0 Å². The van der Waals surface area contributed by atoms with Gasteiger partial charge in [0.2, 0.25) is 10.0 Å². The van der Waals surface area contributed by atoms with Crippen LogP contribution in [0.25, 0.3) is 0 Å². The summed E-state index contributed by atoms with van der Waals surface area (Å²) < 4.78 is 63.3. The molecule has 0 amide bonds. The summed E-state index contributed by atoms with van der Waals surface area (Å²) >= 11 is 0. The van der Waals surface area contributed by atoms with Crippen molar-refractivity contribution in [2.24, 2.45) is 0 Å². The summed E-state index contributed by atoms with van der Waals surface area (Å²) in [6.07, 6.45) is 0. The van der Waals surface area contributed by atoms with Crippen LogP contribution in [0.15, 0.2) is 41.3 Å². The third-order valence-corrected chi connectivity index (χ3v) is 5.29. The van der Waals surface area contributed by atoms with Crippen molar-refractivity contribution in [3.05, 3.63) is 53.6 Å². The number of methoxy groups -OCH3 is 2. The average molecular weight is 357 g/mol. The van der Waals surface area contributed by atoms with Crippen molar-refractivity contribution in [2.45, 2.75) is 11.4 Å². The molecule has 0 unspecified atom stereocenters. The maximum absolute atomic E-state index is 13.8. The number of nitrogens with zero attached hydrogens (tertiary/aromatic N) is 1. The molecule has 0 aliphatic rings. The maximum atomic E-state index is 13.8. The number of rotatable bonds is 6. The molecule has 0 N–H and O–H groups in total. The van der Waals surface area contributed by atoms with Gasteiger partial charge in [-0.05, 0) is 18.2 Å². The van der Waals surface area contributed by atoms with Gasteiger partial charge in [0.15, 0.2) is 0 Å². The zero-order valence-corrected chi connectivity index (χ0v) is 14.2. The number of hydrogen-bond donors (Lipinski definition) is 0. The third kappa shape index (κ3) is 3.65. The third-order valence-electron chi connectivity index (χ3n) is 3.47. The molecule has 0 aliphatic heterocycles. The highest BCUT2D eigenvalue weighted by Crippen LogP contribution is 2.30. The molecule has 2 aromatic carbocycles. The Balaban J connectivity index is 2.39. The lowest BCUT2D eigenvalue weighted by atomic mass is 10.2. The van der Waals surface area contributed by atoms with E-state index in [0.29, 0.717) is 11.8 Å². The smallest absolute Gasteiger partial charge is 0.246 e. The molecule has 2 rings (SSSR count). The van der Waals surface area contributed by atoms with Crippen LogP contribution >= 0.6 is 0 Å². The van der Waals surface area contributed by atoms with Crippen molar-refractivity contribution in [3.8, 4) is 11.5 Å². The fourth-order valence-corrected chi connectivity index (χ4v) is 3.44. The summed E-state index contributed by atoms with van der Waals surface area (Å²) in [6.45, 7) is -0.255. The quantitative estimate of drug-likeness (QED) is 0.798. The number of halogens is 2. The van der Waals surface area contributed by atoms with Crippen LogP contribution in [0, 0.1) is 11.6 Å². The zero-order chi connectivity index (χ0) is 17.9. The van der Waals surface area contributed by atoms with Crippen molar-refractivity contribution in [1.82, 2.24) is 4.31 Å². The molecule has 5 nitrogen and oxygen atoms in total. The Bertz CT molecular complexity index is 840. The Labute approximate surface area is 139 Å². The van der Waals surface area contributed by atoms with Crippen LogP contribution in [-0.4, -0.2) is 34.0 Å². The second kappa shape index (κ2) is 7.14. The summed E-state index contributed by atoms with van der Waals surface area (Å²) in [5, 5.41) is 0. The first kappa shape index (κ1) is 18.2. The lowest BCUT2D eigenvalue weighted by molar-refractivity contribution is 0.387. The minimum atomic E-state index is -3.97. The van der Waals surface area contributed by atoms with E-state index in [4.69, 9.17) is 9.47 Å². The van der Waals surface area contributed by atoms with E-state index in [2.05, 4.69) is 0 Å². The largest absolute Gasteiger partial charge is 0.497 e. The Morgan fingerprint density at radius 1 is 1.04 bits per heavy atom. The van der Waals surface area contributed by atoms with Crippen LogP contribution in [0.3, 0.4) is 0 Å². The van der Waals surface area contributed by atoms with Gasteiger partial charge in [-0.15, -0.1) is 0 Å². The predicted molar refractivity (Wildman–Crippen MR) is 84.6 cm³/mol. The molecule has 24 heavy (non-hydrogen) atoms. The van der Waals surface area contributed by atoms with Crippen LogP contribution in [0.5, 0.6) is 11.5 Å². The minimum Gasteiger partial charge on any atom is -0.497 e. The number of ether oxygens (including phenoxy) is 2. The van der Waals surface area contributed by atoms with Crippen LogP contribution in [-0.2, 0) is 16.6 Å². The maximum Gasteiger partial charge on any atom is 0.246 e. The molecule has 0 bridgehead atoms. The van der Waals surface area contributed by atoms with Gasteiger partial charge >= 0.3 is 0 Å². The molecule has 0 aromatic heterocycles. The Morgan fingerprint density at radius 2 is 1.75 bits per heavy atom. The van der Waals surface area contributed by atoms with Crippen LogP contribution in [0.2, 0.25) is 0 Å². The molecule has 8 heteroatoms. The van der Waals surface area contributed by atoms with Gasteiger partial charge in [-0.3, -0.25) is 0 Å². The van der Waals surface area contributed by atoms with E-state index in [1.807, 2.05) is 0 Å². The van der Waals surface area contributed by atoms with Gasteiger partial charge < -0.3 is 9.47 Å². The average Bonchev–Trinajstić information content (AvgIpc) is 2.56. The summed E-state index contributed by atoms with van der Waals surface area (Å²) in [7, 11) is 0.0913. The predicted octanol–water partition coefficient (Wildman–Crippen LogP) is 2.80. The van der Waals surface area contributed by atoms with E-state index >= 15 is 0 Å². The van der Waals surface area contributed by atoms with Crippen molar-refractivity contribution in [2.75, 3.05) is 21.3 Å². The van der Waals surface area contributed by atoms with E-state index in [1.165, 1.54) is 39.5 Å². The molecule has 0 saturated carbocycles. The van der Waals surface area contributed by atoms with Crippen molar-refractivity contribution < 1.29 is 26.7 Å². The van der Waals surface area contributed by atoms with Gasteiger partial charge in [-0.25, -0.2) is 17.2 Å². The summed E-state index contributed by atoms with van der Waals surface area (Å²) in [6, 6.07) is 7.35. The number of sulfonamides is 1. The molecule has 0 heterocycles. The fraction of sp³-hybridized carbons (Fsp3) is 0.250. The van der Waals surface area contributed by atoms with Gasteiger partial charge in [0.05, 0.1) is 14.2 Å². The molecule has 0 saturated heterocycles. The molecule has 0 fully saturated rings. The number of hydrogen-bond acceptors (Lipinski definition) is 4. The van der Waals surface area contributed by atoms with Gasteiger partial charge in [0.25, 0.3) is 0 Å². The van der Waals surface area contributed by atoms with E-state index in [0.717, 1.165) is 10.4 Å². The van der Waals surface area contributed by atoms with Gasteiger partial charge in [-0.1, -0.05) is 6.07 Å². The van der Waals surface area contributed by atoms with E-state index < -0.39 is 21.7 Å². The van der Waals surface area contributed by atoms with E-state index in [9.17, 15) is 17.2 Å². The molecule has 0 spiro atoms. The highest BCUT2D eigenvalue weighted by atomic mass is 32.2. The zero-order valence-electron chi connectivity index (χ0n) is 13.4. The first-order valence-electron chi connectivity index (χ1n) is 6.92. The van der Waals surface area contributed by atoms with Crippen LogP contribution < -0.4 is 9.47 Å². The second-order valence-corrected chi connectivity index (χ2v) is 7.03. The van der Waals surface area contributed by atoms with Gasteiger partial charge in [-0.2, -0.15) is 4.31 Å². The normalized spacial score (nSPS) is 11.6. The van der Waals surface area contributed by atoms with E-state index in [-0.39, 0.29) is 22.8 Å². The monoisotopic (exact) mass is 357 g/mol. The highest BCUT2D eigenvalue weighted by Gasteiger charge is 2.26. The van der Waals surface area contributed by atoms with Crippen LogP contribution in [0.1, 0.15) is 5.56 Å². The number of benzene rings is 2. The molecule has 0 atom stereocenters. The molecular weight excluding hydrogens is 340 g/mol. The molecular formula is C16H17F2NO4S. The van der Waals surface area contributed by atoms with Gasteiger partial charge in [0, 0.05) is 31.3 Å². The Morgan fingerprint density at radius 3 is 2.33 bits per heavy atom. The fourth-order valence-electron chi connectivity index (χ4n) is 2.13. The van der Waals surface area contributed by atoms with E-state index in [1.54, 1.807) is 6.07 Å². The Hall–Kier alpha value is -2.19. The van der Waals surface area contributed by atoms with Gasteiger partial charge in [0.1, 0.15) is 28.0 Å². The lowest BCUT2D eigenvalue weighted by Crippen LogP contribution is -2.27. The minimum absolute atomic E-state index is 0.0596. The SMILES string of the molecule is COc1ccc(OC)c(S(=O)(=O)N(C)Cc2ccc(F)cc2F)c1. The first-order valence-corrected chi connectivity index (χ1v) is 8.36. The standard InChI is InChI=1S/C16H17F2NO4S/c1-19(10-11-4-5-12(17)8-14(11)18)24(20,21)16-9-13(22-2)6-7-15(16)23-3/h4-9H,10H2,1-3H3. The first-order chi connectivity index (χ1) is 11.3. The molecule has 2 aromatic rings. The Kier molecular flexibility index (Phi) is 5.40. The molecule has 0 aliphatic carbocycles. The highest BCUT2D eigenvalue weighted by molar-refractivity contribution is 7.89. The van der Waals surface area contributed by atoms with Crippen LogP contribution in [0.4, 0.5) is 8.78 Å². The molecule has 130 valence electrons. The summed E-state index contributed by atoms with van der Waals surface area (Å²) in [4.78, 5) is -0.102. The second-order valence-electron chi connectivity index (χ2n) is 5.01. The summed E-state index contributed by atoms with van der Waals surface area (Å²) in [5.74, 6) is -1.05. The lowest BCUT2D eigenvalue weighted by Gasteiger charge is -2.19. The molecule has 0 radical (unpaired) electrons. The topological polar surface area (TPSA) is 55.8 Å². The summed E-state index contributed by atoms with van der Waals surface area (Å²) in [5.41, 5.74) is 0.0596.